The van der Waals surface area contributed by atoms with Gasteiger partial charge < -0.3 is 5.11 Å². The smallest absolute Gasteiger partial charge is 0.131 e. The first-order valence-corrected chi connectivity index (χ1v) is 12.3. The fraction of sp³-hybridized carbons (Fsp3) is 0.118. The largest absolute Gasteiger partial charge is 0.507 e. The molecule has 170 valence electrons. The molecule has 0 amide bonds. The van der Waals surface area contributed by atoms with Crippen molar-refractivity contribution in [3.05, 3.63) is 119 Å². The van der Waals surface area contributed by atoms with Gasteiger partial charge in [-0.2, -0.15) is 0 Å². The highest BCUT2D eigenvalue weighted by atomic mass is 16.3. The van der Waals surface area contributed by atoms with E-state index < -0.39 is 0 Å². The van der Waals surface area contributed by atoms with Gasteiger partial charge in [-0.3, -0.25) is 0 Å². The summed E-state index contributed by atoms with van der Waals surface area (Å²) in [5.41, 5.74) is 11.9. The molecule has 5 aromatic rings. The standard InChI is InChI=1S/C34H28O/c1-22-9-7-15-28(27-18-17-24-11-3-4-13-26(24)21-27)32(22)33-23(2)10-8-16-30(33)31-20-19-25-12-5-6-14-29(25)34(31)35/h4-10,12-21,35H,3,11H2,1-2H3. The van der Waals surface area contributed by atoms with Gasteiger partial charge in [0.05, 0.1) is 0 Å². The quantitative estimate of drug-likeness (QED) is 0.289. The lowest BCUT2D eigenvalue weighted by atomic mass is 9.83. The minimum Gasteiger partial charge on any atom is -0.507 e. The summed E-state index contributed by atoms with van der Waals surface area (Å²) in [6.45, 7) is 4.36. The van der Waals surface area contributed by atoms with E-state index in [4.69, 9.17) is 0 Å². The van der Waals surface area contributed by atoms with Crippen molar-refractivity contribution in [2.24, 2.45) is 0 Å². The molecule has 35 heavy (non-hydrogen) atoms. The van der Waals surface area contributed by atoms with Gasteiger partial charge in [-0.05, 0) is 94.3 Å². The molecule has 0 saturated heterocycles. The Balaban J connectivity index is 1.61. The van der Waals surface area contributed by atoms with Crippen LogP contribution in [0, 0.1) is 13.8 Å². The molecule has 0 aromatic heterocycles. The van der Waals surface area contributed by atoms with Gasteiger partial charge in [-0.25, -0.2) is 0 Å². The normalized spacial score (nSPS) is 12.6. The Morgan fingerprint density at radius 1 is 0.657 bits per heavy atom. The molecule has 5 aromatic carbocycles. The summed E-state index contributed by atoms with van der Waals surface area (Å²) in [5.74, 6) is 0.337. The zero-order chi connectivity index (χ0) is 23.9. The summed E-state index contributed by atoms with van der Waals surface area (Å²) >= 11 is 0. The topological polar surface area (TPSA) is 20.2 Å². The van der Waals surface area contributed by atoms with Crippen molar-refractivity contribution in [1.82, 2.24) is 0 Å². The van der Waals surface area contributed by atoms with E-state index in [1.165, 1.54) is 44.5 Å². The zero-order valence-electron chi connectivity index (χ0n) is 20.2. The number of aromatic hydroxyl groups is 1. The molecule has 0 atom stereocenters. The number of aryl methyl sites for hydroxylation is 3. The Hall–Kier alpha value is -4.10. The van der Waals surface area contributed by atoms with Crippen LogP contribution in [0.2, 0.25) is 0 Å². The third-order valence-corrected chi connectivity index (χ3v) is 7.32. The predicted octanol–water partition coefficient (Wildman–Crippen LogP) is 9.12. The first-order chi connectivity index (χ1) is 17.1. The molecule has 0 heterocycles. The maximum atomic E-state index is 11.3. The molecule has 0 bridgehead atoms. The Kier molecular flexibility index (Phi) is 5.26. The van der Waals surface area contributed by atoms with Crippen LogP contribution in [-0.4, -0.2) is 5.11 Å². The molecular weight excluding hydrogens is 424 g/mol. The van der Waals surface area contributed by atoms with Gasteiger partial charge in [0.1, 0.15) is 5.75 Å². The van der Waals surface area contributed by atoms with Gasteiger partial charge in [0, 0.05) is 10.9 Å². The molecule has 1 aliphatic rings. The van der Waals surface area contributed by atoms with Gasteiger partial charge in [0.25, 0.3) is 0 Å². The van der Waals surface area contributed by atoms with Crippen molar-refractivity contribution >= 4 is 16.8 Å². The van der Waals surface area contributed by atoms with E-state index >= 15 is 0 Å². The van der Waals surface area contributed by atoms with Gasteiger partial charge in [0.15, 0.2) is 0 Å². The molecule has 1 aliphatic carbocycles. The Morgan fingerprint density at radius 3 is 2.23 bits per heavy atom. The van der Waals surface area contributed by atoms with Crippen LogP contribution in [0.25, 0.3) is 50.2 Å². The SMILES string of the molecule is Cc1cccc(-c2ccc3c(c2)C=CCC3)c1-c1c(C)cccc1-c1ccc2ccccc2c1O. The highest BCUT2D eigenvalue weighted by Crippen LogP contribution is 2.45. The lowest BCUT2D eigenvalue weighted by Gasteiger charge is -2.21. The molecule has 0 fully saturated rings. The number of benzene rings is 5. The summed E-state index contributed by atoms with van der Waals surface area (Å²) in [4.78, 5) is 0. The predicted molar refractivity (Wildman–Crippen MR) is 149 cm³/mol. The molecule has 0 saturated carbocycles. The molecule has 0 radical (unpaired) electrons. The number of phenolic OH excluding ortho intramolecular Hbond substituents is 1. The Labute approximate surface area is 207 Å². The maximum Gasteiger partial charge on any atom is 0.131 e. The second-order valence-electron chi connectivity index (χ2n) is 9.53. The van der Waals surface area contributed by atoms with Crippen molar-refractivity contribution < 1.29 is 5.11 Å². The third-order valence-electron chi connectivity index (χ3n) is 7.32. The van der Waals surface area contributed by atoms with E-state index in [0.29, 0.717) is 5.75 Å². The van der Waals surface area contributed by atoms with Crippen molar-refractivity contribution in [2.75, 3.05) is 0 Å². The van der Waals surface area contributed by atoms with Crippen LogP contribution in [0.1, 0.15) is 28.7 Å². The van der Waals surface area contributed by atoms with E-state index in [-0.39, 0.29) is 0 Å². The van der Waals surface area contributed by atoms with Crippen LogP contribution in [0.5, 0.6) is 5.75 Å². The zero-order valence-corrected chi connectivity index (χ0v) is 20.2. The van der Waals surface area contributed by atoms with Crippen LogP contribution in [0.4, 0.5) is 0 Å². The number of rotatable bonds is 3. The summed E-state index contributed by atoms with van der Waals surface area (Å²) in [7, 11) is 0. The number of hydrogen-bond donors (Lipinski definition) is 1. The average Bonchev–Trinajstić information content (AvgIpc) is 2.89. The first kappa shape index (κ1) is 21.4. The van der Waals surface area contributed by atoms with E-state index in [2.05, 4.69) is 92.7 Å². The van der Waals surface area contributed by atoms with Crippen molar-refractivity contribution in [3.8, 4) is 39.1 Å². The summed E-state index contributed by atoms with van der Waals surface area (Å²) < 4.78 is 0. The molecular formula is C34H28O. The second-order valence-corrected chi connectivity index (χ2v) is 9.53. The lowest BCUT2D eigenvalue weighted by molar-refractivity contribution is 0.483. The van der Waals surface area contributed by atoms with E-state index in [1.807, 2.05) is 24.3 Å². The van der Waals surface area contributed by atoms with Crippen molar-refractivity contribution in [3.63, 3.8) is 0 Å². The van der Waals surface area contributed by atoms with E-state index in [9.17, 15) is 5.11 Å². The molecule has 1 nitrogen and oxygen atoms in total. The third kappa shape index (κ3) is 3.65. The maximum absolute atomic E-state index is 11.3. The molecule has 0 spiro atoms. The van der Waals surface area contributed by atoms with Crippen LogP contribution < -0.4 is 0 Å². The minimum atomic E-state index is 0.337. The molecule has 1 heteroatoms. The fourth-order valence-corrected chi connectivity index (χ4v) is 5.53. The van der Waals surface area contributed by atoms with Crippen molar-refractivity contribution in [2.45, 2.75) is 26.7 Å². The van der Waals surface area contributed by atoms with Crippen LogP contribution >= 0.6 is 0 Å². The van der Waals surface area contributed by atoms with Gasteiger partial charge >= 0.3 is 0 Å². The van der Waals surface area contributed by atoms with E-state index in [0.717, 1.165) is 34.7 Å². The molecule has 6 rings (SSSR count). The Bertz CT molecular complexity index is 1620. The highest BCUT2D eigenvalue weighted by molar-refractivity contribution is 6.00. The second kappa shape index (κ2) is 8.60. The van der Waals surface area contributed by atoms with Gasteiger partial charge in [-0.1, -0.05) is 91.0 Å². The number of fused-ring (bicyclic) bond motifs is 2. The average molecular weight is 453 g/mol. The van der Waals surface area contributed by atoms with Crippen LogP contribution in [0.3, 0.4) is 0 Å². The molecule has 0 aliphatic heterocycles. The first-order valence-electron chi connectivity index (χ1n) is 12.3. The number of allylic oxidation sites excluding steroid dienone is 1. The number of phenols is 1. The molecule has 1 N–H and O–H groups in total. The lowest BCUT2D eigenvalue weighted by Crippen LogP contribution is -1.97. The monoisotopic (exact) mass is 452 g/mol. The summed E-state index contributed by atoms with van der Waals surface area (Å²) in [6, 6.07) is 32.0. The van der Waals surface area contributed by atoms with Crippen molar-refractivity contribution in [1.29, 1.82) is 0 Å². The van der Waals surface area contributed by atoms with Gasteiger partial charge in [-0.15, -0.1) is 0 Å². The fourth-order valence-electron chi connectivity index (χ4n) is 5.53. The summed E-state index contributed by atoms with van der Waals surface area (Å²) in [5, 5.41) is 13.3. The van der Waals surface area contributed by atoms with Crippen LogP contribution in [-0.2, 0) is 6.42 Å². The molecule has 0 unspecified atom stereocenters. The van der Waals surface area contributed by atoms with Crippen LogP contribution in [0.15, 0.2) is 97.1 Å². The highest BCUT2D eigenvalue weighted by Gasteiger charge is 2.20. The Morgan fingerprint density at radius 2 is 1.40 bits per heavy atom. The van der Waals surface area contributed by atoms with E-state index in [1.54, 1.807) is 0 Å². The van der Waals surface area contributed by atoms with Gasteiger partial charge in [0.2, 0.25) is 0 Å². The number of hydrogen-bond acceptors (Lipinski definition) is 1. The minimum absolute atomic E-state index is 0.337. The summed E-state index contributed by atoms with van der Waals surface area (Å²) in [6.07, 6.45) is 6.75.